The summed E-state index contributed by atoms with van der Waals surface area (Å²) in [4.78, 5) is 32.2. The molecule has 2 heterocycles. The lowest BCUT2D eigenvalue weighted by Gasteiger charge is -2.27. The van der Waals surface area contributed by atoms with E-state index in [1.807, 2.05) is 0 Å². The van der Waals surface area contributed by atoms with E-state index in [-0.39, 0.29) is 58.9 Å². The van der Waals surface area contributed by atoms with Crippen LogP contribution in [0.2, 0.25) is 0 Å². The number of hydrogen-bond donors (Lipinski definition) is 3. The zero-order valence-corrected chi connectivity index (χ0v) is 25.2. The molecule has 2 aromatic heterocycles. The topological polar surface area (TPSA) is 165 Å². The Bertz CT molecular complexity index is 1900. The summed E-state index contributed by atoms with van der Waals surface area (Å²) in [5.74, 6) is 3.48. The third-order valence-electron chi connectivity index (χ3n) is 7.51. The third kappa shape index (κ3) is 6.71. The molecule has 0 atom stereocenters. The molecule has 1 saturated carbocycles. The van der Waals surface area contributed by atoms with Crippen LogP contribution in [0.25, 0.3) is 10.9 Å². The largest absolute Gasteiger partial charge is 0.511 e. The number of pyridine rings is 1. The van der Waals surface area contributed by atoms with Crippen molar-refractivity contribution in [2.24, 2.45) is 0 Å². The standard InChI is InChI=1S/C31H29F2N5O6.ClH/c1-42-23-12-16(11-18-14-36-30(35)37-29(18)34)10-17(28(23)43-2)8-9-20-22(32)13-21-26(25(20)33)38(19-6-4-3-5-7-19)15-24(27(21)39)44-31(40)41;/h10,12-15,19H,3-7,11H2,1-2H3,(H,40,41)(H4,34,35,36,37);1H. The summed E-state index contributed by atoms with van der Waals surface area (Å²) in [6.45, 7) is 0. The maximum absolute atomic E-state index is 16.2. The van der Waals surface area contributed by atoms with Crippen molar-refractivity contribution in [2.45, 2.75) is 44.6 Å². The van der Waals surface area contributed by atoms with E-state index in [4.69, 9.17) is 26.0 Å². The Balaban J connectivity index is 0.00000461. The smallest absolute Gasteiger partial charge is 0.493 e. The van der Waals surface area contributed by atoms with E-state index in [2.05, 4.69) is 26.5 Å². The summed E-state index contributed by atoms with van der Waals surface area (Å²) in [5, 5.41) is 8.78. The van der Waals surface area contributed by atoms with Crippen molar-refractivity contribution in [3.05, 3.63) is 74.7 Å². The van der Waals surface area contributed by atoms with Gasteiger partial charge >= 0.3 is 6.16 Å². The van der Waals surface area contributed by atoms with Gasteiger partial charge in [-0.3, -0.25) is 4.79 Å². The van der Waals surface area contributed by atoms with Crippen LogP contribution >= 0.6 is 12.4 Å². The van der Waals surface area contributed by atoms with Crippen LogP contribution in [-0.4, -0.2) is 40.0 Å². The normalized spacial score (nSPS) is 13.0. The molecule has 0 radical (unpaired) electrons. The molecule has 4 aromatic rings. The van der Waals surface area contributed by atoms with Gasteiger partial charge < -0.3 is 35.4 Å². The Morgan fingerprint density at radius 2 is 1.82 bits per heavy atom. The highest BCUT2D eigenvalue weighted by Gasteiger charge is 2.25. The van der Waals surface area contributed by atoms with Crippen molar-refractivity contribution < 1.29 is 32.9 Å². The number of carbonyl (C=O) groups is 1. The van der Waals surface area contributed by atoms with Crippen molar-refractivity contribution in [1.29, 1.82) is 0 Å². The van der Waals surface area contributed by atoms with Gasteiger partial charge in [-0.2, -0.15) is 4.98 Å². The van der Waals surface area contributed by atoms with Crippen LogP contribution in [0.15, 0.2) is 35.4 Å². The monoisotopic (exact) mass is 641 g/mol. The first-order valence-corrected chi connectivity index (χ1v) is 13.7. The molecule has 0 amide bonds. The molecule has 1 fully saturated rings. The molecule has 5 N–H and O–H groups in total. The maximum Gasteiger partial charge on any atom is 0.511 e. The number of methoxy groups -OCH3 is 2. The average molecular weight is 642 g/mol. The number of halogens is 3. The second kappa shape index (κ2) is 13.7. The summed E-state index contributed by atoms with van der Waals surface area (Å²) in [6.07, 6.45) is 5.26. The van der Waals surface area contributed by atoms with Crippen LogP contribution in [0, 0.1) is 23.5 Å². The highest BCUT2D eigenvalue weighted by Crippen LogP contribution is 2.35. The highest BCUT2D eigenvalue weighted by atomic mass is 35.5. The second-order valence-electron chi connectivity index (χ2n) is 10.3. The first kappa shape index (κ1) is 32.8. The summed E-state index contributed by atoms with van der Waals surface area (Å²) >= 11 is 0. The molecule has 45 heavy (non-hydrogen) atoms. The molecule has 2 aromatic carbocycles. The van der Waals surface area contributed by atoms with Gasteiger partial charge in [0.1, 0.15) is 11.6 Å². The predicted molar refractivity (Wildman–Crippen MR) is 165 cm³/mol. The third-order valence-corrected chi connectivity index (χ3v) is 7.51. The number of ether oxygens (including phenoxy) is 3. The molecule has 5 rings (SSSR count). The minimum Gasteiger partial charge on any atom is -0.493 e. The van der Waals surface area contributed by atoms with E-state index in [9.17, 15) is 9.59 Å². The summed E-state index contributed by atoms with van der Waals surface area (Å²) in [7, 11) is 2.85. The number of nitrogens with two attached hydrogens (primary N) is 2. The van der Waals surface area contributed by atoms with Crippen molar-refractivity contribution in [1.82, 2.24) is 14.5 Å². The fourth-order valence-electron chi connectivity index (χ4n) is 5.48. The molecule has 0 unspecified atom stereocenters. The molecule has 1 aliphatic rings. The molecule has 14 heteroatoms. The van der Waals surface area contributed by atoms with Crippen LogP contribution in [0.5, 0.6) is 17.2 Å². The first-order chi connectivity index (χ1) is 21.1. The number of carboxylic acid groups (broad SMARTS) is 1. The number of aromatic nitrogens is 3. The Hall–Kier alpha value is -5.09. The molecular weight excluding hydrogens is 612 g/mol. The molecule has 0 bridgehead atoms. The van der Waals surface area contributed by atoms with Gasteiger partial charge in [0, 0.05) is 24.2 Å². The summed E-state index contributed by atoms with van der Waals surface area (Å²) in [5.41, 5.74) is 11.4. The van der Waals surface area contributed by atoms with Crippen LogP contribution < -0.4 is 31.1 Å². The van der Waals surface area contributed by atoms with Gasteiger partial charge in [-0.1, -0.05) is 31.1 Å². The van der Waals surface area contributed by atoms with Gasteiger partial charge in [0.15, 0.2) is 23.1 Å². The van der Waals surface area contributed by atoms with E-state index < -0.39 is 34.5 Å². The molecule has 0 aliphatic heterocycles. The average Bonchev–Trinajstić information content (AvgIpc) is 3.00. The SMILES string of the molecule is COc1cc(Cc2cnc(N)nc2N)cc(C#Cc2c(F)cc3c(=O)c(OC(=O)O)cn(C4CCCCC4)c3c2F)c1OC.Cl. The molecule has 0 spiro atoms. The van der Waals surface area contributed by atoms with Crippen molar-refractivity contribution >= 4 is 41.2 Å². The van der Waals surface area contributed by atoms with Crippen LogP contribution in [0.1, 0.15) is 60.4 Å². The molecular formula is C31H30ClF2N5O6. The Kier molecular flexibility index (Phi) is 9.98. The van der Waals surface area contributed by atoms with Crippen molar-refractivity contribution in [3.8, 4) is 29.1 Å². The van der Waals surface area contributed by atoms with Gasteiger partial charge in [0.25, 0.3) is 0 Å². The highest BCUT2D eigenvalue weighted by molar-refractivity contribution is 5.85. The lowest BCUT2D eigenvalue weighted by Crippen LogP contribution is -2.21. The first-order valence-electron chi connectivity index (χ1n) is 13.7. The second-order valence-corrected chi connectivity index (χ2v) is 10.3. The van der Waals surface area contributed by atoms with E-state index in [0.717, 1.165) is 25.3 Å². The Morgan fingerprint density at radius 3 is 2.47 bits per heavy atom. The predicted octanol–water partition coefficient (Wildman–Crippen LogP) is 5.23. The lowest BCUT2D eigenvalue weighted by molar-refractivity contribution is 0.143. The number of benzene rings is 2. The zero-order valence-electron chi connectivity index (χ0n) is 24.4. The number of rotatable bonds is 6. The number of nitrogens with zero attached hydrogens (tertiary/aromatic N) is 3. The van der Waals surface area contributed by atoms with E-state index in [1.54, 1.807) is 12.1 Å². The van der Waals surface area contributed by atoms with E-state index in [1.165, 1.54) is 31.2 Å². The van der Waals surface area contributed by atoms with Gasteiger partial charge in [-0.15, -0.1) is 12.4 Å². The number of nitrogen functional groups attached to an aromatic ring is 2. The van der Waals surface area contributed by atoms with E-state index in [0.29, 0.717) is 29.7 Å². The summed E-state index contributed by atoms with van der Waals surface area (Å²) in [6, 6.07) is 3.97. The number of anilines is 2. The maximum atomic E-state index is 16.2. The fourth-order valence-corrected chi connectivity index (χ4v) is 5.48. The number of hydrogen-bond acceptors (Lipinski definition) is 9. The Labute approximate surface area is 262 Å². The van der Waals surface area contributed by atoms with Crippen molar-refractivity contribution in [2.75, 3.05) is 25.7 Å². The molecule has 236 valence electrons. The fraction of sp³-hybridized carbons (Fsp3) is 0.290. The molecule has 1 aliphatic carbocycles. The van der Waals surface area contributed by atoms with Gasteiger partial charge in [-0.05, 0) is 36.6 Å². The number of fused-ring (bicyclic) bond motifs is 1. The van der Waals surface area contributed by atoms with Crippen LogP contribution in [-0.2, 0) is 6.42 Å². The lowest BCUT2D eigenvalue weighted by atomic mass is 9.94. The van der Waals surface area contributed by atoms with E-state index >= 15 is 8.78 Å². The quantitative estimate of drug-likeness (QED) is 0.188. The van der Waals surface area contributed by atoms with Gasteiger partial charge in [-0.25, -0.2) is 18.6 Å². The molecule has 11 nitrogen and oxygen atoms in total. The minimum absolute atomic E-state index is 0. The van der Waals surface area contributed by atoms with Crippen molar-refractivity contribution in [3.63, 3.8) is 0 Å². The minimum atomic E-state index is -1.71. The zero-order chi connectivity index (χ0) is 31.5. The van der Waals surface area contributed by atoms with Crippen LogP contribution in [0.3, 0.4) is 0 Å². The van der Waals surface area contributed by atoms with Gasteiger partial charge in [0.05, 0.1) is 42.4 Å². The van der Waals surface area contributed by atoms with Crippen LogP contribution in [0.4, 0.5) is 25.3 Å². The summed E-state index contributed by atoms with van der Waals surface area (Å²) < 4.78 is 48.8. The Morgan fingerprint density at radius 1 is 1.09 bits per heavy atom. The van der Waals surface area contributed by atoms with Gasteiger partial charge in [0.2, 0.25) is 11.4 Å². The molecule has 0 saturated heterocycles.